The minimum atomic E-state index is -0.494. The fourth-order valence-electron chi connectivity index (χ4n) is 2.02. The number of hydrogen-bond acceptors (Lipinski definition) is 3. The summed E-state index contributed by atoms with van der Waals surface area (Å²) in [6.07, 6.45) is 0.600. The molecule has 1 aromatic carbocycles. The number of rotatable bonds is 5. The Morgan fingerprint density at radius 1 is 1.19 bits per heavy atom. The van der Waals surface area contributed by atoms with Crippen molar-refractivity contribution in [3.8, 4) is 0 Å². The van der Waals surface area contributed by atoms with Crippen molar-refractivity contribution >= 4 is 6.09 Å². The van der Waals surface area contributed by atoms with Crippen LogP contribution in [0.5, 0.6) is 0 Å². The van der Waals surface area contributed by atoms with Crippen molar-refractivity contribution in [1.82, 2.24) is 5.32 Å². The number of nitrogens with two attached hydrogens (primary N) is 1. The Bertz CT molecular complexity index is 463. The van der Waals surface area contributed by atoms with Gasteiger partial charge in [0.15, 0.2) is 0 Å². The van der Waals surface area contributed by atoms with E-state index in [1.165, 1.54) is 5.56 Å². The molecule has 0 aliphatic heterocycles. The Morgan fingerprint density at radius 2 is 1.76 bits per heavy atom. The molecule has 118 valence electrons. The van der Waals surface area contributed by atoms with E-state index in [1.54, 1.807) is 0 Å². The van der Waals surface area contributed by atoms with Crippen LogP contribution in [0.3, 0.4) is 0 Å². The lowest BCUT2D eigenvalue weighted by atomic mass is 9.82. The lowest BCUT2D eigenvalue weighted by Crippen LogP contribution is -2.45. The number of alkyl carbamates (subject to hydrolysis) is 1. The predicted molar refractivity (Wildman–Crippen MR) is 86.5 cm³/mol. The number of ether oxygens (including phenoxy) is 1. The third-order valence-corrected chi connectivity index (χ3v) is 3.53. The van der Waals surface area contributed by atoms with Crippen LogP contribution in [-0.4, -0.2) is 24.8 Å². The standard InChI is InChI=1S/C17H28N2O2/c1-6-13-7-9-14(10-8-13)17(5,11-18)12-19-15(20)21-16(2,3)4/h7-10H,6,11-12,18H2,1-5H3,(H,19,20). The summed E-state index contributed by atoms with van der Waals surface area (Å²) in [6.45, 7) is 10.6. The summed E-state index contributed by atoms with van der Waals surface area (Å²) in [4.78, 5) is 11.8. The number of hydrogen-bond donors (Lipinski definition) is 2. The molecule has 3 N–H and O–H groups in total. The van der Waals surface area contributed by atoms with E-state index in [4.69, 9.17) is 10.5 Å². The zero-order valence-corrected chi connectivity index (χ0v) is 13.8. The maximum atomic E-state index is 11.8. The summed E-state index contributed by atoms with van der Waals surface area (Å²) in [6, 6.07) is 8.39. The Morgan fingerprint density at radius 3 is 2.19 bits per heavy atom. The number of amides is 1. The second-order valence-electron chi connectivity index (χ2n) is 6.67. The molecule has 4 heteroatoms. The van der Waals surface area contributed by atoms with Crippen molar-refractivity contribution in [2.75, 3.05) is 13.1 Å². The summed E-state index contributed by atoms with van der Waals surface area (Å²) >= 11 is 0. The van der Waals surface area contributed by atoms with Crippen LogP contribution in [0.2, 0.25) is 0 Å². The molecule has 1 amide bonds. The van der Waals surface area contributed by atoms with Crippen LogP contribution in [0.1, 0.15) is 45.7 Å². The molecule has 0 spiro atoms. The fraction of sp³-hybridized carbons (Fsp3) is 0.588. The van der Waals surface area contributed by atoms with Gasteiger partial charge in [0.05, 0.1) is 0 Å². The fourth-order valence-corrected chi connectivity index (χ4v) is 2.02. The number of carbonyl (C=O) groups is 1. The third kappa shape index (κ3) is 5.38. The van der Waals surface area contributed by atoms with Gasteiger partial charge in [-0.05, 0) is 38.3 Å². The van der Waals surface area contributed by atoms with Crippen molar-refractivity contribution in [3.63, 3.8) is 0 Å². The molecular formula is C17H28N2O2. The quantitative estimate of drug-likeness (QED) is 0.877. The van der Waals surface area contributed by atoms with Crippen LogP contribution < -0.4 is 11.1 Å². The van der Waals surface area contributed by atoms with Crippen molar-refractivity contribution in [2.24, 2.45) is 5.73 Å². The van der Waals surface area contributed by atoms with Gasteiger partial charge in [0.1, 0.15) is 5.60 Å². The topological polar surface area (TPSA) is 64.3 Å². The molecule has 0 saturated carbocycles. The molecule has 21 heavy (non-hydrogen) atoms. The van der Waals surface area contributed by atoms with Gasteiger partial charge < -0.3 is 15.8 Å². The van der Waals surface area contributed by atoms with Crippen molar-refractivity contribution < 1.29 is 9.53 Å². The van der Waals surface area contributed by atoms with E-state index >= 15 is 0 Å². The molecule has 1 rings (SSSR count). The first-order valence-corrected chi connectivity index (χ1v) is 7.46. The number of carbonyl (C=O) groups excluding carboxylic acids is 1. The predicted octanol–water partition coefficient (Wildman–Crippen LogP) is 2.99. The Balaban J connectivity index is 2.73. The molecule has 1 unspecified atom stereocenters. The van der Waals surface area contributed by atoms with E-state index in [0.717, 1.165) is 12.0 Å². The van der Waals surface area contributed by atoms with Crippen molar-refractivity contribution in [1.29, 1.82) is 0 Å². The SMILES string of the molecule is CCc1ccc(C(C)(CN)CNC(=O)OC(C)(C)C)cc1. The number of nitrogens with one attached hydrogen (secondary N) is 1. The summed E-state index contributed by atoms with van der Waals surface area (Å²) in [5.41, 5.74) is 7.55. The highest BCUT2D eigenvalue weighted by Crippen LogP contribution is 2.22. The van der Waals surface area contributed by atoms with Crippen molar-refractivity contribution in [2.45, 2.75) is 52.1 Å². The minimum Gasteiger partial charge on any atom is -0.444 e. The van der Waals surface area contributed by atoms with Gasteiger partial charge in [-0.1, -0.05) is 38.1 Å². The molecule has 0 heterocycles. The monoisotopic (exact) mass is 292 g/mol. The van der Waals surface area contributed by atoms with E-state index < -0.39 is 11.7 Å². The first kappa shape index (κ1) is 17.5. The first-order chi connectivity index (χ1) is 9.70. The van der Waals surface area contributed by atoms with E-state index in [2.05, 4.69) is 36.5 Å². The molecule has 0 aliphatic carbocycles. The first-order valence-electron chi connectivity index (χ1n) is 7.46. The van der Waals surface area contributed by atoms with Gasteiger partial charge in [-0.25, -0.2) is 4.79 Å². The van der Waals surface area contributed by atoms with Crippen LogP contribution in [0.15, 0.2) is 24.3 Å². The summed E-state index contributed by atoms with van der Waals surface area (Å²) < 4.78 is 5.26. The molecule has 0 fully saturated rings. The van der Waals surface area contributed by atoms with Gasteiger partial charge in [-0.2, -0.15) is 0 Å². The summed E-state index contributed by atoms with van der Waals surface area (Å²) in [7, 11) is 0. The Kier molecular flexibility index (Phi) is 5.78. The normalized spacial score (nSPS) is 14.4. The second-order valence-corrected chi connectivity index (χ2v) is 6.67. The summed E-state index contributed by atoms with van der Waals surface area (Å²) in [5, 5.41) is 2.82. The Labute approximate surface area is 128 Å². The highest BCUT2D eigenvalue weighted by molar-refractivity contribution is 5.67. The third-order valence-electron chi connectivity index (χ3n) is 3.53. The molecule has 0 aromatic heterocycles. The lowest BCUT2D eigenvalue weighted by Gasteiger charge is -2.30. The molecule has 0 bridgehead atoms. The maximum absolute atomic E-state index is 11.8. The molecule has 1 atom stereocenters. The van der Waals surface area contributed by atoms with Crippen molar-refractivity contribution in [3.05, 3.63) is 35.4 Å². The highest BCUT2D eigenvalue weighted by atomic mass is 16.6. The Hall–Kier alpha value is -1.55. The largest absolute Gasteiger partial charge is 0.444 e. The van der Waals surface area contributed by atoms with Crippen LogP contribution in [0, 0.1) is 0 Å². The van der Waals surface area contributed by atoms with E-state index in [0.29, 0.717) is 13.1 Å². The molecule has 0 saturated heterocycles. The lowest BCUT2D eigenvalue weighted by molar-refractivity contribution is 0.0516. The van der Waals surface area contributed by atoms with Crippen LogP contribution >= 0.6 is 0 Å². The molecule has 1 aromatic rings. The van der Waals surface area contributed by atoms with Gasteiger partial charge in [0, 0.05) is 18.5 Å². The average Bonchev–Trinajstić information content (AvgIpc) is 2.43. The molecule has 0 radical (unpaired) electrons. The second kappa shape index (κ2) is 6.94. The molecule has 0 aliphatic rings. The number of aryl methyl sites for hydroxylation is 1. The van der Waals surface area contributed by atoms with Gasteiger partial charge in [-0.3, -0.25) is 0 Å². The zero-order chi connectivity index (χ0) is 16.1. The zero-order valence-electron chi connectivity index (χ0n) is 13.8. The molecule has 4 nitrogen and oxygen atoms in total. The van der Waals surface area contributed by atoms with Gasteiger partial charge in [0.2, 0.25) is 0 Å². The average molecular weight is 292 g/mol. The van der Waals surface area contributed by atoms with E-state index in [9.17, 15) is 4.79 Å². The van der Waals surface area contributed by atoms with Crippen LogP contribution in [-0.2, 0) is 16.6 Å². The smallest absolute Gasteiger partial charge is 0.407 e. The summed E-state index contributed by atoms with van der Waals surface area (Å²) in [5.74, 6) is 0. The maximum Gasteiger partial charge on any atom is 0.407 e. The number of benzene rings is 1. The van der Waals surface area contributed by atoms with E-state index in [1.807, 2.05) is 27.7 Å². The van der Waals surface area contributed by atoms with Gasteiger partial charge >= 0.3 is 6.09 Å². The molecular weight excluding hydrogens is 264 g/mol. The van der Waals surface area contributed by atoms with Gasteiger partial charge in [-0.15, -0.1) is 0 Å². The highest BCUT2D eigenvalue weighted by Gasteiger charge is 2.27. The van der Waals surface area contributed by atoms with E-state index in [-0.39, 0.29) is 5.41 Å². The van der Waals surface area contributed by atoms with Gasteiger partial charge in [0.25, 0.3) is 0 Å². The minimum absolute atomic E-state index is 0.302. The van der Waals surface area contributed by atoms with Crippen LogP contribution in [0.25, 0.3) is 0 Å². The van der Waals surface area contributed by atoms with Crippen LogP contribution in [0.4, 0.5) is 4.79 Å².